The largest absolute Gasteiger partial charge is 0.465 e. The first-order chi connectivity index (χ1) is 7.51. The number of hydrogen-bond donors (Lipinski definition) is 1. The fourth-order valence-electron chi connectivity index (χ4n) is 1.21. The van der Waals surface area contributed by atoms with Crippen molar-refractivity contribution in [2.24, 2.45) is 0 Å². The third-order valence-electron chi connectivity index (χ3n) is 2.18. The highest BCUT2D eigenvalue weighted by atomic mass is 32.1. The topological polar surface area (TPSA) is 64.6 Å². The van der Waals surface area contributed by atoms with Gasteiger partial charge in [0.25, 0.3) is 0 Å². The van der Waals surface area contributed by atoms with Crippen LogP contribution < -0.4 is 5.32 Å². The lowest BCUT2D eigenvalue weighted by Crippen LogP contribution is -2.13. The molecule has 88 valence electrons. The maximum absolute atomic E-state index is 11.5. The van der Waals surface area contributed by atoms with E-state index in [1.165, 1.54) is 25.6 Å². The Kier molecular flexibility index (Phi) is 3.89. The molecule has 1 N–H and O–H groups in total. The highest BCUT2D eigenvalue weighted by molar-refractivity contribution is 7.16. The van der Waals surface area contributed by atoms with Crippen molar-refractivity contribution < 1.29 is 19.1 Å². The number of carbonyl (C=O) groups excluding carboxylic acids is 2. The Morgan fingerprint density at radius 1 is 1.19 bits per heavy atom. The minimum Gasteiger partial charge on any atom is -0.465 e. The second-order valence-electron chi connectivity index (χ2n) is 3.10. The van der Waals surface area contributed by atoms with Crippen molar-refractivity contribution in [1.29, 1.82) is 0 Å². The van der Waals surface area contributed by atoms with Gasteiger partial charge in [-0.2, -0.15) is 0 Å². The number of esters is 1. The molecule has 1 aromatic heterocycles. The molecule has 1 amide bonds. The molecule has 0 aliphatic heterocycles. The number of anilines is 1. The first kappa shape index (κ1) is 12.5. The normalized spacial score (nSPS) is 9.75. The Bertz CT molecular complexity index is 425. The molecule has 0 saturated carbocycles. The molecular formula is C10H13NO4S. The van der Waals surface area contributed by atoms with E-state index in [9.17, 15) is 9.59 Å². The zero-order chi connectivity index (χ0) is 12.3. The molecule has 0 atom stereocenters. The summed E-state index contributed by atoms with van der Waals surface area (Å²) >= 11 is 1.32. The Morgan fingerprint density at radius 2 is 1.81 bits per heavy atom. The molecule has 0 radical (unpaired) electrons. The second kappa shape index (κ2) is 4.98. The van der Waals surface area contributed by atoms with E-state index in [-0.39, 0.29) is 0 Å². The van der Waals surface area contributed by atoms with Crippen molar-refractivity contribution in [3.8, 4) is 0 Å². The van der Waals surface area contributed by atoms with Gasteiger partial charge in [0.2, 0.25) is 0 Å². The van der Waals surface area contributed by atoms with E-state index in [1.54, 1.807) is 6.92 Å². The van der Waals surface area contributed by atoms with Crippen LogP contribution in [0.15, 0.2) is 0 Å². The maximum Gasteiger partial charge on any atom is 0.411 e. The van der Waals surface area contributed by atoms with Gasteiger partial charge in [0.15, 0.2) is 0 Å². The minimum absolute atomic E-state index is 0.385. The van der Waals surface area contributed by atoms with E-state index in [4.69, 9.17) is 0 Å². The number of hydrogen-bond acceptors (Lipinski definition) is 5. The molecule has 0 bridgehead atoms. The van der Waals surface area contributed by atoms with Crippen molar-refractivity contribution in [2.45, 2.75) is 13.8 Å². The monoisotopic (exact) mass is 243 g/mol. The van der Waals surface area contributed by atoms with Gasteiger partial charge >= 0.3 is 12.1 Å². The number of amides is 1. The number of nitrogens with one attached hydrogen (secondary N) is 1. The molecule has 0 aromatic carbocycles. The van der Waals surface area contributed by atoms with Crippen LogP contribution in [0.1, 0.15) is 20.8 Å². The van der Waals surface area contributed by atoms with Gasteiger partial charge in [0.1, 0.15) is 5.00 Å². The van der Waals surface area contributed by atoms with Crippen LogP contribution in [0.25, 0.3) is 0 Å². The van der Waals surface area contributed by atoms with E-state index in [0.717, 1.165) is 10.4 Å². The predicted molar refractivity (Wildman–Crippen MR) is 61.2 cm³/mol. The number of aryl methyl sites for hydroxylation is 1. The second-order valence-corrected chi connectivity index (χ2v) is 4.32. The van der Waals surface area contributed by atoms with Gasteiger partial charge in [-0.15, -0.1) is 11.3 Å². The fraction of sp³-hybridized carbons (Fsp3) is 0.400. The van der Waals surface area contributed by atoms with Crippen molar-refractivity contribution in [3.05, 3.63) is 16.0 Å². The van der Waals surface area contributed by atoms with Gasteiger partial charge in [-0.25, -0.2) is 9.59 Å². The summed E-state index contributed by atoms with van der Waals surface area (Å²) in [5.74, 6) is -0.465. The van der Waals surface area contributed by atoms with E-state index < -0.39 is 12.1 Å². The Labute approximate surface area is 97.4 Å². The molecule has 1 rings (SSSR count). The van der Waals surface area contributed by atoms with Crippen LogP contribution in [-0.2, 0) is 9.47 Å². The number of rotatable bonds is 2. The SMILES string of the molecule is COC(=O)Nc1sc(C)c(C)c1C(=O)OC. The van der Waals surface area contributed by atoms with Crippen LogP contribution in [-0.4, -0.2) is 26.3 Å². The number of carbonyl (C=O) groups is 2. The van der Waals surface area contributed by atoms with Gasteiger partial charge in [-0.1, -0.05) is 0 Å². The summed E-state index contributed by atoms with van der Waals surface area (Å²) < 4.78 is 9.14. The molecule has 5 nitrogen and oxygen atoms in total. The molecule has 0 fully saturated rings. The zero-order valence-electron chi connectivity index (χ0n) is 9.54. The first-order valence-corrected chi connectivity index (χ1v) is 5.36. The molecule has 6 heteroatoms. The van der Waals surface area contributed by atoms with Gasteiger partial charge in [-0.3, -0.25) is 5.32 Å². The molecule has 1 heterocycles. The van der Waals surface area contributed by atoms with Gasteiger partial charge < -0.3 is 9.47 Å². The molecule has 0 saturated heterocycles. The van der Waals surface area contributed by atoms with Gasteiger partial charge in [-0.05, 0) is 19.4 Å². The Morgan fingerprint density at radius 3 is 2.31 bits per heavy atom. The summed E-state index contributed by atoms with van der Waals surface area (Å²) in [5.41, 5.74) is 1.19. The lowest BCUT2D eigenvalue weighted by molar-refractivity contribution is 0.0601. The highest BCUT2D eigenvalue weighted by Crippen LogP contribution is 2.32. The molecule has 0 aliphatic rings. The molecule has 0 unspecified atom stereocenters. The molecule has 1 aromatic rings. The number of thiophene rings is 1. The average Bonchev–Trinajstić information content (AvgIpc) is 2.53. The summed E-state index contributed by atoms with van der Waals surface area (Å²) in [7, 11) is 2.57. The molecule has 0 spiro atoms. The van der Waals surface area contributed by atoms with E-state index in [0.29, 0.717) is 10.6 Å². The van der Waals surface area contributed by atoms with Crippen LogP contribution in [0.4, 0.5) is 9.80 Å². The van der Waals surface area contributed by atoms with Crippen LogP contribution in [0, 0.1) is 13.8 Å². The van der Waals surface area contributed by atoms with Crippen molar-refractivity contribution in [2.75, 3.05) is 19.5 Å². The maximum atomic E-state index is 11.5. The minimum atomic E-state index is -0.605. The molecule has 0 aliphatic carbocycles. The van der Waals surface area contributed by atoms with E-state index in [2.05, 4.69) is 14.8 Å². The van der Waals surface area contributed by atoms with Crippen LogP contribution >= 0.6 is 11.3 Å². The summed E-state index contributed by atoms with van der Waals surface area (Å²) in [6, 6.07) is 0. The molecular weight excluding hydrogens is 230 g/mol. The number of ether oxygens (including phenoxy) is 2. The molecule has 16 heavy (non-hydrogen) atoms. The average molecular weight is 243 g/mol. The summed E-state index contributed by atoms with van der Waals surface area (Å²) in [5, 5.41) is 2.95. The fourth-order valence-corrected chi connectivity index (χ4v) is 2.24. The standard InChI is InChI=1S/C10H13NO4S/c1-5-6(2)16-8(11-10(13)15-4)7(5)9(12)14-3/h1-4H3,(H,11,13). The van der Waals surface area contributed by atoms with Crippen LogP contribution in [0.5, 0.6) is 0 Å². The van der Waals surface area contributed by atoms with Crippen molar-refractivity contribution in [3.63, 3.8) is 0 Å². The zero-order valence-corrected chi connectivity index (χ0v) is 10.4. The highest BCUT2D eigenvalue weighted by Gasteiger charge is 2.21. The van der Waals surface area contributed by atoms with Gasteiger partial charge in [0, 0.05) is 4.88 Å². The number of methoxy groups -OCH3 is 2. The lowest BCUT2D eigenvalue weighted by Gasteiger charge is -2.04. The summed E-state index contributed by atoms with van der Waals surface area (Å²) in [6.45, 7) is 3.68. The summed E-state index contributed by atoms with van der Waals surface area (Å²) in [6.07, 6.45) is -0.605. The summed E-state index contributed by atoms with van der Waals surface area (Å²) in [4.78, 5) is 23.6. The van der Waals surface area contributed by atoms with E-state index >= 15 is 0 Å². The van der Waals surface area contributed by atoms with Crippen LogP contribution in [0.3, 0.4) is 0 Å². The predicted octanol–water partition coefficient (Wildman–Crippen LogP) is 2.33. The van der Waals surface area contributed by atoms with Crippen LogP contribution in [0.2, 0.25) is 0 Å². The third kappa shape index (κ3) is 2.33. The van der Waals surface area contributed by atoms with Gasteiger partial charge in [0.05, 0.1) is 19.8 Å². The van der Waals surface area contributed by atoms with Crippen molar-refractivity contribution in [1.82, 2.24) is 0 Å². The quantitative estimate of drug-likeness (QED) is 0.810. The smallest absolute Gasteiger partial charge is 0.411 e. The first-order valence-electron chi connectivity index (χ1n) is 4.54. The lowest BCUT2D eigenvalue weighted by atomic mass is 10.1. The van der Waals surface area contributed by atoms with Crippen molar-refractivity contribution >= 4 is 28.4 Å². The third-order valence-corrected chi connectivity index (χ3v) is 3.30. The Hall–Kier alpha value is -1.56. The van der Waals surface area contributed by atoms with E-state index in [1.807, 2.05) is 6.92 Å². The Balaban J connectivity index is 3.13.